The minimum Gasteiger partial charge on any atom is -0.464 e. The maximum atomic E-state index is 11.2. The van der Waals surface area contributed by atoms with Crippen molar-refractivity contribution in [2.24, 2.45) is 0 Å². The van der Waals surface area contributed by atoms with Crippen molar-refractivity contribution in [1.82, 2.24) is 0 Å². The maximum Gasteiger partial charge on any atom is 0.229 e. The SMILES string of the molecule is COCOc1ccc(C=Cc2ccc(NS(C)(=O)=O)cc2)cc1OCOC. The molecule has 0 amide bonds. The molecule has 0 saturated heterocycles. The van der Waals surface area contributed by atoms with Gasteiger partial charge in [0.1, 0.15) is 0 Å². The molecule has 8 heteroatoms. The Kier molecular flexibility index (Phi) is 7.66. The summed E-state index contributed by atoms with van der Waals surface area (Å²) in [6.07, 6.45) is 4.94. The molecule has 2 aromatic carbocycles. The van der Waals surface area contributed by atoms with Crippen molar-refractivity contribution >= 4 is 27.9 Å². The summed E-state index contributed by atoms with van der Waals surface area (Å²) in [5.41, 5.74) is 2.35. The molecule has 0 spiro atoms. The summed E-state index contributed by atoms with van der Waals surface area (Å²) < 4.78 is 45.8. The van der Waals surface area contributed by atoms with Gasteiger partial charge in [0.15, 0.2) is 25.1 Å². The van der Waals surface area contributed by atoms with Crippen LogP contribution >= 0.6 is 0 Å². The van der Waals surface area contributed by atoms with E-state index in [9.17, 15) is 8.42 Å². The third kappa shape index (κ3) is 7.30. The van der Waals surface area contributed by atoms with E-state index in [0.29, 0.717) is 17.2 Å². The van der Waals surface area contributed by atoms with Crippen LogP contribution in [0.15, 0.2) is 42.5 Å². The topological polar surface area (TPSA) is 83.1 Å². The molecule has 146 valence electrons. The predicted octanol–water partition coefficient (Wildman–Crippen LogP) is 3.19. The van der Waals surface area contributed by atoms with Gasteiger partial charge >= 0.3 is 0 Å². The van der Waals surface area contributed by atoms with Crippen molar-refractivity contribution in [2.75, 3.05) is 38.8 Å². The summed E-state index contributed by atoms with van der Waals surface area (Å²) in [7, 11) is -0.193. The van der Waals surface area contributed by atoms with Gasteiger partial charge in [-0.2, -0.15) is 0 Å². The number of nitrogens with one attached hydrogen (secondary N) is 1. The molecule has 0 radical (unpaired) electrons. The Hall–Kier alpha value is -2.55. The van der Waals surface area contributed by atoms with Crippen LogP contribution in [0.1, 0.15) is 11.1 Å². The number of hydrogen-bond acceptors (Lipinski definition) is 6. The van der Waals surface area contributed by atoms with E-state index in [1.54, 1.807) is 32.4 Å². The van der Waals surface area contributed by atoms with Gasteiger partial charge in [-0.1, -0.05) is 30.4 Å². The molecule has 1 N–H and O–H groups in total. The molecule has 0 aromatic heterocycles. The Morgan fingerprint density at radius 1 is 0.852 bits per heavy atom. The van der Waals surface area contributed by atoms with Crippen LogP contribution in [0.25, 0.3) is 12.2 Å². The lowest BCUT2D eigenvalue weighted by Gasteiger charge is -2.12. The summed E-state index contributed by atoms with van der Waals surface area (Å²) in [4.78, 5) is 0. The lowest BCUT2D eigenvalue weighted by atomic mass is 10.1. The number of anilines is 1. The van der Waals surface area contributed by atoms with Crippen molar-refractivity contribution in [3.63, 3.8) is 0 Å². The molecule has 0 atom stereocenters. The highest BCUT2D eigenvalue weighted by Gasteiger charge is 2.06. The number of rotatable bonds is 10. The van der Waals surface area contributed by atoms with Crippen LogP contribution in [-0.4, -0.2) is 42.5 Å². The first-order chi connectivity index (χ1) is 12.9. The predicted molar refractivity (Wildman–Crippen MR) is 105 cm³/mol. The van der Waals surface area contributed by atoms with Gasteiger partial charge in [0.2, 0.25) is 10.0 Å². The largest absolute Gasteiger partial charge is 0.464 e. The first-order valence-corrected chi connectivity index (χ1v) is 9.94. The van der Waals surface area contributed by atoms with Gasteiger partial charge in [0.05, 0.1) is 6.26 Å². The van der Waals surface area contributed by atoms with E-state index in [1.165, 1.54) is 0 Å². The van der Waals surface area contributed by atoms with Gasteiger partial charge in [0.25, 0.3) is 0 Å². The van der Waals surface area contributed by atoms with E-state index in [0.717, 1.165) is 17.4 Å². The van der Waals surface area contributed by atoms with Crippen LogP contribution < -0.4 is 14.2 Å². The Morgan fingerprint density at radius 2 is 1.41 bits per heavy atom. The molecule has 7 nitrogen and oxygen atoms in total. The minimum atomic E-state index is -3.28. The normalized spacial score (nSPS) is 11.5. The van der Waals surface area contributed by atoms with Gasteiger partial charge in [-0.3, -0.25) is 4.72 Å². The quantitative estimate of drug-likeness (QED) is 0.493. The highest BCUT2D eigenvalue weighted by atomic mass is 32.2. The number of benzene rings is 2. The van der Waals surface area contributed by atoms with Gasteiger partial charge in [-0.15, -0.1) is 0 Å². The van der Waals surface area contributed by atoms with Gasteiger partial charge in [0, 0.05) is 19.9 Å². The Bertz CT molecular complexity index is 862. The number of methoxy groups -OCH3 is 2. The lowest BCUT2D eigenvalue weighted by Crippen LogP contribution is -2.09. The molecule has 0 heterocycles. The van der Waals surface area contributed by atoms with Crippen molar-refractivity contribution in [2.45, 2.75) is 0 Å². The second kappa shape index (κ2) is 9.96. The van der Waals surface area contributed by atoms with E-state index in [2.05, 4.69) is 4.72 Å². The van der Waals surface area contributed by atoms with Crippen molar-refractivity contribution < 1.29 is 27.4 Å². The molecular weight excluding hydrogens is 370 g/mol. The monoisotopic (exact) mass is 393 g/mol. The average Bonchev–Trinajstić information content (AvgIpc) is 2.63. The van der Waals surface area contributed by atoms with Crippen LogP contribution in [-0.2, 0) is 19.5 Å². The van der Waals surface area contributed by atoms with Gasteiger partial charge in [-0.05, 0) is 35.4 Å². The second-order valence-corrected chi connectivity index (χ2v) is 7.39. The molecule has 27 heavy (non-hydrogen) atoms. The second-order valence-electron chi connectivity index (χ2n) is 5.64. The summed E-state index contributed by atoms with van der Waals surface area (Å²) >= 11 is 0. The van der Waals surface area contributed by atoms with Gasteiger partial charge < -0.3 is 18.9 Å². The van der Waals surface area contributed by atoms with Crippen molar-refractivity contribution in [3.05, 3.63) is 53.6 Å². The van der Waals surface area contributed by atoms with Crippen molar-refractivity contribution in [1.29, 1.82) is 0 Å². The summed E-state index contributed by atoms with van der Waals surface area (Å²) in [6.45, 7) is 0.220. The fraction of sp³-hybridized carbons (Fsp3) is 0.263. The van der Waals surface area contributed by atoms with E-state index in [1.807, 2.05) is 36.4 Å². The third-order valence-corrected chi connectivity index (χ3v) is 3.92. The fourth-order valence-corrected chi connectivity index (χ4v) is 2.74. The molecule has 0 aliphatic rings. The molecule has 0 saturated carbocycles. The molecule has 0 unspecified atom stereocenters. The highest BCUT2D eigenvalue weighted by Crippen LogP contribution is 2.29. The van der Waals surface area contributed by atoms with Crippen LogP contribution in [0.4, 0.5) is 5.69 Å². The molecule has 0 fully saturated rings. The number of sulfonamides is 1. The number of hydrogen-bond donors (Lipinski definition) is 1. The van der Waals surface area contributed by atoms with Crippen LogP contribution in [0.2, 0.25) is 0 Å². The molecule has 0 aliphatic carbocycles. The van der Waals surface area contributed by atoms with Crippen LogP contribution in [0.3, 0.4) is 0 Å². The standard InChI is InChI=1S/C19H23NO6S/c1-23-13-25-18-11-8-16(12-19(18)26-14-24-2)5-4-15-6-9-17(10-7-15)20-27(3,21)22/h4-12,20H,13-14H2,1-3H3. The summed E-state index contributed by atoms with van der Waals surface area (Å²) in [6, 6.07) is 12.6. The zero-order valence-electron chi connectivity index (χ0n) is 15.5. The lowest BCUT2D eigenvalue weighted by molar-refractivity contribution is 0.0322. The minimum absolute atomic E-state index is 0.102. The molecule has 2 aromatic rings. The maximum absolute atomic E-state index is 11.2. The zero-order chi connectivity index (χ0) is 19.7. The summed E-state index contributed by atoms with van der Waals surface area (Å²) in [5, 5.41) is 0. The van der Waals surface area contributed by atoms with E-state index < -0.39 is 10.0 Å². The fourth-order valence-electron chi connectivity index (χ4n) is 2.17. The van der Waals surface area contributed by atoms with Crippen LogP contribution in [0.5, 0.6) is 11.5 Å². The summed E-state index contributed by atoms with van der Waals surface area (Å²) in [5.74, 6) is 1.10. The third-order valence-electron chi connectivity index (χ3n) is 3.31. The van der Waals surface area contributed by atoms with Gasteiger partial charge in [-0.25, -0.2) is 8.42 Å². The Balaban J connectivity index is 2.13. The van der Waals surface area contributed by atoms with E-state index in [4.69, 9.17) is 18.9 Å². The Labute approximate surface area is 159 Å². The van der Waals surface area contributed by atoms with Crippen LogP contribution in [0, 0.1) is 0 Å². The first-order valence-electron chi connectivity index (χ1n) is 8.05. The molecule has 2 rings (SSSR count). The van der Waals surface area contributed by atoms with Crippen molar-refractivity contribution in [3.8, 4) is 11.5 Å². The van der Waals surface area contributed by atoms with E-state index in [-0.39, 0.29) is 13.6 Å². The first kappa shape index (κ1) is 20.8. The molecule has 0 aliphatic heterocycles. The average molecular weight is 393 g/mol. The molecule has 0 bridgehead atoms. The smallest absolute Gasteiger partial charge is 0.229 e. The Morgan fingerprint density at radius 3 is 2.00 bits per heavy atom. The van der Waals surface area contributed by atoms with E-state index >= 15 is 0 Å². The molecular formula is C19H23NO6S. The number of ether oxygens (including phenoxy) is 4. The highest BCUT2D eigenvalue weighted by molar-refractivity contribution is 7.92. The zero-order valence-corrected chi connectivity index (χ0v) is 16.3.